The van der Waals surface area contributed by atoms with E-state index in [1.165, 1.54) is 16.4 Å². The lowest BCUT2D eigenvalue weighted by Gasteiger charge is -2.11. The van der Waals surface area contributed by atoms with Crippen LogP contribution >= 0.6 is 11.8 Å². The van der Waals surface area contributed by atoms with Crippen LogP contribution in [0.1, 0.15) is 15.9 Å². The van der Waals surface area contributed by atoms with Crippen LogP contribution in [0, 0.1) is 0 Å². The van der Waals surface area contributed by atoms with E-state index in [0.29, 0.717) is 16.5 Å². The molecule has 0 amide bonds. The van der Waals surface area contributed by atoms with E-state index < -0.39 is 0 Å². The van der Waals surface area contributed by atoms with Gasteiger partial charge in [-0.05, 0) is 42.0 Å². The van der Waals surface area contributed by atoms with Gasteiger partial charge in [0.1, 0.15) is 5.75 Å². The molecule has 0 radical (unpaired) electrons. The van der Waals surface area contributed by atoms with Gasteiger partial charge >= 0.3 is 0 Å². The molecule has 0 spiro atoms. The van der Waals surface area contributed by atoms with E-state index in [1.807, 2.05) is 43.3 Å². The van der Waals surface area contributed by atoms with E-state index in [1.54, 1.807) is 37.6 Å². The van der Waals surface area contributed by atoms with Crippen LogP contribution in [0.5, 0.6) is 5.75 Å². The summed E-state index contributed by atoms with van der Waals surface area (Å²) in [5, 5.41) is 12.5. The highest BCUT2D eigenvalue weighted by molar-refractivity contribution is 7.99. The third kappa shape index (κ3) is 5.29. The summed E-state index contributed by atoms with van der Waals surface area (Å²) in [5.41, 5.74) is 5.39. The Labute approximate surface area is 178 Å². The van der Waals surface area contributed by atoms with Gasteiger partial charge in [0.25, 0.3) is 5.95 Å². The lowest BCUT2D eigenvalue weighted by atomic mass is 10.1. The van der Waals surface area contributed by atoms with Crippen molar-refractivity contribution in [2.75, 3.05) is 43.1 Å². The van der Waals surface area contributed by atoms with Crippen molar-refractivity contribution in [1.82, 2.24) is 14.9 Å². The zero-order chi connectivity index (χ0) is 21.5. The highest BCUT2D eigenvalue weighted by Gasteiger charge is 2.13. The quantitative estimate of drug-likeness (QED) is 0.177. The lowest BCUT2D eigenvalue weighted by molar-refractivity contribution is 0.102. The molecule has 0 aliphatic carbocycles. The van der Waals surface area contributed by atoms with Crippen molar-refractivity contribution in [2.45, 2.75) is 5.16 Å². The first-order valence-electron chi connectivity index (χ1n) is 9.05. The number of hydrogen-bond acceptors (Lipinski definition) is 9. The predicted molar refractivity (Wildman–Crippen MR) is 120 cm³/mol. The summed E-state index contributed by atoms with van der Waals surface area (Å²) in [6, 6.07) is 14.9. The molecule has 2 aromatic carbocycles. The first-order chi connectivity index (χ1) is 14.5. The van der Waals surface area contributed by atoms with Crippen LogP contribution in [0.15, 0.2) is 58.8 Å². The molecule has 0 saturated carbocycles. The van der Waals surface area contributed by atoms with Gasteiger partial charge in [-0.15, -0.1) is 10.2 Å². The molecule has 0 saturated heterocycles. The molecule has 0 bridgehead atoms. The van der Waals surface area contributed by atoms with Crippen molar-refractivity contribution < 1.29 is 9.53 Å². The van der Waals surface area contributed by atoms with Crippen molar-refractivity contribution in [3.63, 3.8) is 0 Å². The standard InChI is InChI=1S/C20H23N7O2S/c1-26(2)16-8-4-14(5-9-16)12-22-23-19-24-25-20(27(19)21)30-13-18(28)15-6-10-17(29-3)11-7-15/h4-12H,13,21H2,1-3H3,(H,23,24)/b22-12+. The number of hydrogen-bond donors (Lipinski definition) is 2. The molecule has 156 valence electrons. The van der Waals surface area contributed by atoms with Gasteiger partial charge in [-0.1, -0.05) is 23.9 Å². The molecule has 10 heteroatoms. The van der Waals surface area contributed by atoms with Gasteiger partial charge in [-0.3, -0.25) is 4.79 Å². The summed E-state index contributed by atoms with van der Waals surface area (Å²) in [6.45, 7) is 0. The maximum atomic E-state index is 12.3. The third-order valence-electron chi connectivity index (χ3n) is 4.20. The van der Waals surface area contributed by atoms with Crippen LogP contribution in [0.3, 0.4) is 0 Å². The fraction of sp³-hybridized carbons (Fsp3) is 0.200. The Bertz CT molecular complexity index is 1010. The SMILES string of the molecule is COc1ccc(C(=O)CSc2nnc(N/N=C/c3ccc(N(C)C)cc3)n2N)cc1. The molecule has 0 atom stereocenters. The first-order valence-corrected chi connectivity index (χ1v) is 10.0. The molecule has 0 aliphatic heterocycles. The van der Waals surface area contributed by atoms with Crippen LogP contribution in [0.4, 0.5) is 11.6 Å². The Morgan fingerprint density at radius 3 is 2.53 bits per heavy atom. The molecular weight excluding hydrogens is 402 g/mol. The van der Waals surface area contributed by atoms with E-state index >= 15 is 0 Å². The third-order valence-corrected chi connectivity index (χ3v) is 5.14. The minimum Gasteiger partial charge on any atom is -0.497 e. The van der Waals surface area contributed by atoms with Crippen LogP contribution in [-0.4, -0.2) is 53.8 Å². The van der Waals surface area contributed by atoms with Gasteiger partial charge in [0.15, 0.2) is 5.78 Å². The maximum absolute atomic E-state index is 12.3. The summed E-state index contributed by atoms with van der Waals surface area (Å²) >= 11 is 1.20. The highest BCUT2D eigenvalue weighted by atomic mass is 32.2. The lowest BCUT2D eigenvalue weighted by Crippen LogP contribution is -2.14. The van der Waals surface area contributed by atoms with Crippen molar-refractivity contribution in [1.29, 1.82) is 0 Å². The summed E-state index contributed by atoms with van der Waals surface area (Å²) in [7, 11) is 5.55. The number of rotatable bonds is 9. The van der Waals surface area contributed by atoms with E-state index in [2.05, 4.69) is 20.7 Å². The number of nitrogen functional groups attached to an aromatic ring is 1. The van der Waals surface area contributed by atoms with Gasteiger partial charge in [0.2, 0.25) is 5.16 Å². The van der Waals surface area contributed by atoms with Crippen LogP contribution < -0.4 is 20.9 Å². The minimum absolute atomic E-state index is 0.0423. The molecule has 9 nitrogen and oxygen atoms in total. The number of carbonyl (C=O) groups excluding carboxylic acids is 1. The number of nitrogens with zero attached hydrogens (tertiary/aromatic N) is 5. The average molecular weight is 426 g/mol. The van der Waals surface area contributed by atoms with Gasteiger partial charge < -0.3 is 15.5 Å². The molecule has 0 aliphatic rings. The number of nitrogens with one attached hydrogen (secondary N) is 1. The second-order valence-electron chi connectivity index (χ2n) is 6.47. The second kappa shape index (κ2) is 9.79. The second-order valence-corrected chi connectivity index (χ2v) is 7.41. The van der Waals surface area contributed by atoms with E-state index in [-0.39, 0.29) is 17.5 Å². The van der Waals surface area contributed by atoms with E-state index in [4.69, 9.17) is 10.6 Å². The van der Waals surface area contributed by atoms with E-state index in [9.17, 15) is 4.79 Å². The zero-order valence-electron chi connectivity index (χ0n) is 16.9. The molecule has 3 rings (SSSR count). The van der Waals surface area contributed by atoms with E-state index in [0.717, 1.165) is 11.3 Å². The Hall–Kier alpha value is -3.53. The number of benzene rings is 2. The number of ketones is 1. The van der Waals surface area contributed by atoms with Crippen molar-refractivity contribution in [3.8, 4) is 5.75 Å². The largest absolute Gasteiger partial charge is 0.497 e. The fourth-order valence-electron chi connectivity index (χ4n) is 2.47. The van der Waals surface area contributed by atoms with Crippen molar-refractivity contribution in [3.05, 3.63) is 59.7 Å². The van der Waals surface area contributed by atoms with Gasteiger partial charge in [0, 0.05) is 25.3 Å². The Morgan fingerprint density at radius 1 is 1.20 bits per heavy atom. The highest BCUT2D eigenvalue weighted by Crippen LogP contribution is 2.19. The number of thioether (sulfide) groups is 1. The zero-order valence-corrected chi connectivity index (χ0v) is 17.8. The Balaban J connectivity index is 1.55. The predicted octanol–water partition coefficient (Wildman–Crippen LogP) is 2.49. The average Bonchev–Trinajstić information content (AvgIpc) is 3.12. The van der Waals surface area contributed by atoms with Crippen LogP contribution in [0.2, 0.25) is 0 Å². The molecule has 3 N–H and O–H groups in total. The molecule has 1 aromatic heterocycles. The van der Waals surface area contributed by atoms with Gasteiger partial charge in [-0.25, -0.2) is 10.1 Å². The number of aromatic nitrogens is 3. The number of carbonyl (C=O) groups is 1. The summed E-state index contributed by atoms with van der Waals surface area (Å²) < 4.78 is 6.36. The fourth-order valence-corrected chi connectivity index (χ4v) is 3.22. The Morgan fingerprint density at radius 2 is 1.90 bits per heavy atom. The molecule has 30 heavy (non-hydrogen) atoms. The van der Waals surface area contributed by atoms with Crippen molar-refractivity contribution >= 4 is 35.4 Å². The number of hydrazone groups is 1. The number of ether oxygens (including phenoxy) is 1. The minimum atomic E-state index is -0.0423. The van der Waals surface area contributed by atoms with Crippen LogP contribution in [-0.2, 0) is 0 Å². The summed E-state index contributed by atoms with van der Waals surface area (Å²) in [4.78, 5) is 14.4. The smallest absolute Gasteiger partial charge is 0.264 e. The Kier molecular flexibility index (Phi) is 6.91. The number of anilines is 2. The molecule has 0 fully saturated rings. The normalized spacial score (nSPS) is 10.9. The number of nitrogens with two attached hydrogens (primary N) is 1. The number of methoxy groups -OCH3 is 1. The number of Topliss-reactive ketones (excluding diaryl/α,β-unsaturated/α-hetero) is 1. The van der Waals surface area contributed by atoms with Crippen LogP contribution in [0.25, 0.3) is 0 Å². The van der Waals surface area contributed by atoms with Gasteiger partial charge in [-0.2, -0.15) is 5.10 Å². The maximum Gasteiger partial charge on any atom is 0.264 e. The molecule has 0 unspecified atom stereocenters. The molecular formula is C20H23N7O2S. The molecule has 1 heterocycles. The topological polar surface area (TPSA) is 111 Å². The van der Waals surface area contributed by atoms with Gasteiger partial charge in [0.05, 0.1) is 19.1 Å². The summed E-state index contributed by atoms with van der Waals surface area (Å²) in [5.74, 6) is 7.11. The van der Waals surface area contributed by atoms with Crippen molar-refractivity contribution in [2.24, 2.45) is 5.10 Å². The monoisotopic (exact) mass is 425 g/mol. The summed E-state index contributed by atoms with van der Waals surface area (Å²) in [6.07, 6.45) is 1.66. The first kappa shape index (κ1) is 21.2. The molecule has 3 aromatic rings.